The quantitative estimate of drug-likeness (QED) is 0.841. The summed E-state index contributed by atoms with van der Waals surface area (Å²) in [4.78, 5) is 0. The van der Waals surface area contributed by atoms with Gasteiger partial charge in [-0.25, -0.2) is 0 Å². The van der Waals surface area contributed by atoms with Gasteiger partial charge in [0.2, 0.25) is 0 Å². The topological polar surface area (TPSA) is 55.5 Å². The molecule has 2 rings (SSSR count). The lowest BCUT2D eigenvalue weighted by Crippen LogP contribution is -1.91. The lowest BCUT2D eigenvalue weighted by atomic mass is 10.2. The molecule has 0 amide bonds. The van der Waals surface area contributed by atoms with E-state index in [9.17, 15) is 0 Å². The fourth-order valence-corrected chi connectivity index (χ4v) is 2.08. The van der Waals surface area contributed by atoms with E-state index in [0.29, 0.717) is 27.2 Å². The molecule has 0 spiro atoms. The van der Waals surface area contributed by atoms with Crippen LogP contribution in [0.1, 0.15) is 5.56 Å². The molecule has 3 N–H and O–H groups in total. The number of hydrogen-bond acceptors (Lipinski definition) is 3. The summed E-state index contributed by atoms with van der Waals surface area (Å²) in [5.74, 6) is 0.901. The molecule has 0 saturated heterocycles. The van der Waals surface area contributed by atoms with Crippen molar-refractivity contribution in [3.63, 3.8) is 0 Å². The van der Waals surface area contributed by atoms with E-state index >= 15 is 0 Å². The van der Waals surface area contributed by atoms with Gasteiger partial charge in [-0.1, -0.05) is 35.3 Å². The Kier molecular flexibility index (Phi) is 3.97. The van der Waals surface area contributed by atoms with Crippen LogP contribution in [-0.2, 0) is 6.61 Å². The van der Waals surface area contributed by atoms with E-state index in [0.717, 1.165) is 5.56 Å². The molecule has 0 aromatic heterocycles. The monoisotopic (exact) mass is 283 g/mol. The second kappa shape index (κ2) is 5.48. The van der Waals surface area contributed by atoms with Crippen molar-refractivity contribution in [3.8, 4) is 11.5 Å². The minimum Gasteiger partial charge on any atom is -0.454 e. The maximum absolute atomic E-state index is 9.05. The predicted molar refractivity (Wildman–Crippen MR) is 73.3 cm³/mol. The molecule has 0 radical (unpaired) electrons. The number of aliphatic hydroxyl groups is 1. The highest BCUT2D eigenvalue weighted by molar-refractivity contribution is 6.37. The molecule has 5 heteroatoms. The van der Waals surface area contributed by atoms with Gasteiger partial charge < -0.3 is 15.6 Å². The molecule has 2 aromatic carbocycles. The molecule has 0 unspecified atom stereocenters. The van der Waals surface area contributed by atoms with Gasteiger partial charge in [-0.2, -0.15) is 0 Å². The van der Waals surface area contributed by atoms with Crippen molar-refractivity contribution in [2.24, 2.45) is 0 Å². The Labute approximate surface area is 115 Å². The molecule has 0 aliphatic rings. The average Bonchev–Trinajstić information content (AvgIpc) is 2.34. The molecule has 0 fully saturated rings. The summed E-state index contributed by atoms with van der Waals surface area (Å²) in [6.45, 7) is -0.0552. The zero-order chi connectivity index (χ0) is 13.1. The Morgan fingerprint density at radius 3 is 2.39 bits per heavy atom. The SMILES string of the molecule is Nc1cc(Cl)c(Oc2cccc(CO)c2)c(Cl)c1. The fraction of sp³-hybridized carbons (Fsp3) is 0.0769. The van der Waals surface area contributed by atoms with Gasteiger partial charge in [0, 0.05) is 5.69 Å². The maximum Gasteiger partial charge on any atom is 0.164 e. The molecular formula is C13H11Cl2NO2. The van der Waals surface area contributed by atoms with Crippen LogP contribution < -0.4 is 10.5 Å². The Morgan fingerprint density at radius 1 is 1.11 bits per heavy atom. The normalized spacial score (nSPS) is 10.4. The summed E-state index contributed by atoms with van der Waals surface area (Å²) < 4.78 is 5.61. The first-order chi connectivity index (χ1) is 8.60. The van der Waals surface area contributed by atoms with Crippen LogP contribution in [0, 0.1) is 0 Å². The molecular weight excluding hydrogens is 273 g/mol. The van der Waals surface area contributed by atoms with Gasteiger partial charge in [0.15, 0.2) is 5.75 Å². The lowest BCUT2D eigenvalue weighted by molar-refractivity contribution is 0.281. The van der Waals surface area contributed by atoms with E-state index < -0.39 is 0 Å². The number of nitrogens with two attached hydrogens (primary N) is 1. The van der Waals surface area contributed by atoms with E-state index in [-0.39, 0.29) is 6.61 Å². The van der Waals surface area contributed by atoms with Crippen molar-refractivity contribution in [2.45, 2.75) is 6.61 Å². The number of rotatable bonds is 3. The highest BCUT2D eigenvalue weighted by Crippen LogP contribution is 2.38. The first kappa shape index (κ1) is 13.0. The zero-order valence-corrected chi connectivity index (χ0v) is 10.9. The van der Waals surface area contributed by atoms with Gasteiger partial charge in [0.05, 0.1) is 16.7 Å². The van der Waals surface area contributed by atoms with Crippen LogP contribution in [0.5, 0.6) is 11.5 Å². The molecule has 0 heterocycles. The number of benzene rings is 2. The van der Waals surface area contributed by atoms with Crippen molar-refractivity contribution >= 4 is 28.9 Å². The minimum atomic E-state index is -0.0552. The van der Waals surface area contributed by atoms with Gasteiger partial charge in [0.25, 0.3) is 0 Å². The third kappa shape index (κ3) is 2.88. The van der Waals surface area contributed by atoms with Gasteiger partial charge in [0.1, 0.15) is 5.75 Å². The van der Waals surface area contributed by atoms with E-state index in [4.69, 9.17) is 38.8 Å². The number of hydrogen-bond donors (Lipinski definition) is 2. The number of anilines is 1. The second-order valence-electron chi connectivity index (χ2n) is 3.72. The maximum atomic E-state index is 9.05. The molecule has 0 aliphatic carbocycles. The van der Waals surface area contributed by atoms with Gasteiger partial charge in [-0.05, 0) is 29.8 Å². The Hall–Kier alpha value is -1.42. The van der Waals surface area contributed by atoms with Crippen LogP contribution in [0.15, 0.2) is 36.4 Å². The molecule has 2 aromatic rings. The number of nitrogen functional groups attached to an aromatic ring is 1. The standard InChI is InChI=1S/C13H11Cl2NO2/c14-11-5-9(16)6-12(15)13(11)18-10-3-1-2-8(4-10)7-17/h1-6,17H,7,16H2. The van der Waals surface area contributed by atoms with Crippen LogP contribution >= 0.6 is 23.2 Å². The Morgan fingerprint density at radius 2 is 1.78 bits per heavy atom. The van der Waals surface area contributed by atoms with Gasteiger partial charge in [-0.3, -0.25) is 0 Å². The number of halogens is 2. The van der Waals surface area contributed by atoms with Gasteiger partial charge >= 0.3 is 0 Å². The largest absolute Gasteiger partial charge is 0.454 e. The van der Waals surface area contributed by atoms with Crippen molar-refractivity contribution in [1.29, 1.82) is 0 Å². The molecule has 0 aliphatic heterocycles. The van der Waals surface area contributed by atoms with E-state index in [2.05, 4.69) is 0 Å². The number of ether oxygens (including phenoxy) is 1. The van der Waals surface area contributed by atoms with E-state index in [1.165, 1.54) is 0 Å². The lowest BCUT2D eigenvalue weighted by Gasteiger charge is -2.11. The third-order valence-electron chi connectivity index (χ3n) is 2.32. The van der Waals surface area contributed by atoms with Crippen LogP contribution in [0.3, 0.4) is 0 Å². The minimum absolute atomic E-state index is 0.0552. The summed E-state index contributed by atoms with van der Waals surface area (Å²) >= 11 is 12.0. The highest BCUT2D eigenvalue weighted by Gasteiger charge is 2.10. The third-order valence-corrected chi connectivity index (χ3v) is 2.88. The Bertz CT molecular complexity index is 550. The van der Waals surface area contributed by atoms with Crippen LogP contribution in [0.25, 0.3) is 0 Å². The highest BCUT2D eigenvalue weighted by atomic mass is 35.5. The summed E-state index contributed by atoms with van der Waals surface area (Å²) in [6, 6.07) is 10.2. The predicted octanol–water partition coefficient (Wildman–Crippen LogP) is 3.86. The molecule has 94 valence electrons. The van der Waals surface area contributed by atoms with Gasteiger partial charge in [-0.15, -0.1) is 0 Å². The summed E-state index contributed by atoms with van der Waals surface area (Å²) in [5, 5.41) is 9.73. The molecule has 0 saturated carbocycles. The van der Waals surface area contributed by atoms with Crippen LogP contribution in [-0.4, -0.2) is 5.11 Å². The Balaban J connectivity index is 2.33. The van der Waals surface area contributed by atoms with Crippen molar-refractivity contribution < 1.29 is 9.84 Å². The molecule has 18 heavy (non-hydrogen) atoms. The van der Waals surface area contributed by atoms with E-state index in [1.807, 2.05) is 0 Å². The molecule has 3 nitrogen and oxygen atoms in total. The summed E-state index contributed by atoms with van der Waals surface area (Å²) in [6.07, 6.45) is 0. The molecule has 0 atom stereocenters. The first-order valence-electron chi connectivity index (χ1n) is 5.22. The smallest absolute Gasteiger partial charge is 0.164 e. The van der Waals surface area contributed by atoms with Crippen molar-refractivity contribution in [1.82, 2.24) is 0 Å². The second-order valence-corrected chi connectivity index (χ2v) is 4.54. The van der Waals surface area contributed by atoms with Crippen LogP contribution in [0.4, 0.5) is 5.69 Å². The summed E-state index contributed by atoms with van der Waals surface area (Å²) in [7, 11) is 0. The average molecular weight is 284 g/mol. The summed E-state index contributed by atoms with van der Waals surface area (Å²) in [5.41, 5.74) is 6.83. The van der Waals surface area contributed by atoms with Crippen molar-refractivity contribution in [3.05, 3.63) is 52.0 Å². The number of aliphatic hydroxyl groups excluding tert-OH is 1. The zero-order valence-electron chi connectivity index (χ0n) is 9.36. The first-order valence-corrected chi connectivity index (χ1v) is 5.98. The van der Waals surface area contributed by atoms with Crippen molar-refractivity contribution in [2.75, 3.05) is 5.73 Å². The van der Waals surface area contributed by atoms with E-state index in [1.54, 1.807) is 36.4 Å². The van der Waals surface area contributed by atoms with Crippen LogP contribution in [0.2, 0.25) is 10.0 Å². The fourth-order valence-electron chi connectivity index (χ4n) is 1.50. The molecule has 0 bridgehead atoms.